The summed E-state index contributed by atoms with van der Waals surface area (Å²) in [5.41, 5.74) is -0.677. The van der Waals surface area contributed by atoms with Gasteiger partial charge in [0.25, 0.3) is 10.0 Å². The molecule has 1 aliphatic heterocycles. The maximum absolute atomic E-state index is 12.7. The van der Waals surface area contributed by atoms with Gasteiger partial charge in [-0.15, -0.1) is 0 Å². The highest BCUT2D eigenvalue weighted by atomic mass is 35.5. The zero-order valence-electron chi connectivity index (χ0n) is 11.6. The molecule has 1 fully saturated rings. The first kappa shape index (κ1) is 15.7. The molecule has 0 amide bonds. The lowest BCUT2D eigenvalue weighted by Gasteiger charge is -2.41. The van der Waals surface area contributed by atoms with Crippen molar-refractivity contribution in [2.24, 2.45) is 7.05 Å². The quantitative estimate of drug-likeness (QED) is 0.861. The Labute approximate surface area is 123 Å². The van der Waals surface area contributed by atoms with Gasteiger partial charge in [-0.2, -0.15) is 9.40 Å². The molecule has 2 heterocycles. The van der Waals surface area contributed by atoms with Gasteiger partial charge in [0.1, 0.15) is 0 Å². The number of hydrogen-bond donors (Lipinski definition) is 1. The zero-order valence-corrected chi connectivity index (χ0v) is 13.1. The van der Waals surface area contributed by atoms with Crippen LogP contribution in [-0.4, -0.2) is 59.0 Å². The molecule has 0 aliphatic carbocycles. The van der Waals surface area contributed by atoms with Crippen LogP contribution >= 0.6 is 11.6 Å². The van der Waals surface area contributed by atoms with Crippen molar-refractivity contribution in [1.82, 2.24) is 14.1 Å². The number of rotatable bonds is 3. The topological polar surface area (TPSA) is 84.7 Å². The number of ether oxygens (including phenoxy) is 1. The van der Waals surface area contributed by atoms with E-state index in [0.29, 0.717) is 0 Å². The molecule has 20 heavy (non-hydrogen) atoms. The highest BCUT2D eigenvalue weighted by Gasteiger charge is 2.41. The van der Waals surface area contributed by atoms with Crippen molar-refractivity contribution in [3.05, 3.63) is 11.2 Å². The number of aliphatic hydroxyl groups excluding tert-OH is 1. The van der Waals surface area contributed by atoms with Crippen LogP contribution in [0.25, 0.3) is 0 Å². The Kier molecular flexibility index (Phi) is 4.14. The first-order chi connectivity index (χ1) is 9.17. The molecule has 1 aromatic rings. The minimum atomic E-state index is -3.78. The van der Waals surface area contributed by atoms with Crippen molar-refractivity contribution in [3.63, 3.8) is 0 Å². The molecule has 1 unspecified atom stereocenters. The molecule has 1 N–H and O–H groups in total. The molecule has 0 aromatic carbocycles. The van der Waals surface area contributed by atoms with Gasteiger partial charge in [-0.3, -0.25) is 4.68 Å². The lowest BCUT2D eigenvalue weighted by Crippen LogP contribution is -2.55. The zero-order chi connectivity index (χ0) is 15.1. The van der Waals surface area contributed by atoms with E-state index in [0.717, 1.165) is 0 Å². The molecule has 1 aromatic heterocycles. The van der Waals surface area contributed by atoms with Crippen molar-refractivity contribution in [2.45, 2.75) is 30.6 Å². The molecule has 0 bridgehead atoms. The number of morpholine rings is 1. The highest BCUT2D eigenvalue weighted by molar-refractivity contribution is 7.89. The second kappa shape index (κ2) is 5.27. The molecule has 7 nitrogen and oxygen atoms in total. The van der Waals surface area contributed by atoms with E-state index in [-0.39, 0.29) is 29.7 Å². The van der Waals surface area contributed by atoms with Gasteiger partial charge >= 0.3 is 0 Å². The van der Waals surface area contributed by atoms with Crippen LogP contribution in [0.1, 0.15) is 13.8 Å². The number of nitrogens with zero attached hydrogens (tertiary/aromatic N) is 3. The monoisotopic (exact) mass is 323 g/mol. The Hall–Kier alpha value is -0.670. The van der Waals surface area contributed by atoms with Gasteiger partial charge in [0.2, 0.25) is 0 Å². The molecular formula is C11H18ClN3O4S. The second-order valence-electron chi connectivity index (χ2n) is 5.40. The SMILES string of the molecule is Cn1ncc(Cl)c1S(=O)(=O)N1CC(CO)OC(C)(C)C1. The molecule has 1 aliphatic rings. The van der Waals surface area contributed by atoms with Gasteiger partial charge in [-0.05, 0) is 13.8 Å². The maximum Gasteiger partial charge on any atom is 0.261 e. The van der Waals surface area contributed by atoms with Crippen LogP contribution < -0.4 is 0 Å². The number of hydrogen-bond acceptors (Lipinski definition) is 5. The Bertz CT molecular complexity index is 579. The summed E-state index contributed by atoms with van der Waals surface area (Å²) in [5.74, 6) is 0. The summed E-state index contributed by atoms with van der Waals surface area (Å²) in [5, 5.41) is 13.1. The van der Waals surface area contributed by atoms with Gasteiger partial charge in [0.05, 0.1) is 29.5 Å². The fraction of sp³-hybridized carbons (Fsp3) is 0.727. The average molecular weight is 324 g/mol. The van der Waals surface area contributed by atoms with E-state index < -0.39 is 21.7 Å². The summed E-state index contributed by atoms with van der Waals surface area (Å²) < 4.78 is 33.5. The number of aromatic nitrogens is 2. The Morgan fingerprint density at radius 3 is 2.75 bits per heavy atom. The highest BCUT2D eigenvalue weighted by Crippen LogP contribution is 2.29. The molecule has 1 saturated heterocycles. The van der Waals surface area contributed by atoms with Gasteiger partial charge in [0.15, 0.2) is 5.03 Å². The number of aryl methyl sites for hydroxylation is 1. The summed E-state index contributed by atoms with van der Waals surface area (Å²) in [6, 6.07) is 0. The minimum Gasteiger partial charge on any atom is -0.394 e. The summed E-state index contributed by atoms with van der Waals surface area (Å²) in [6.07, 6.45) is 0.740. The standard InChI is InChI=1S/C11H18ClN3O4S/c1-11(2)7-15(5-8(6-16)19-11)20(17,18)10-9(12)4-13-14(10)3/h4,8,16H,5-7H2,1-3H3. The van der Waals surface area contributed by atoms with Crippen molar-refractivity contribution < 1.29 is 18.3 Å². The maximum atomic E-state index is 12.7. The van der Waals surface area contributed by atoms with Crippen LogP contribution in [-0.2, 0) is 21.8 Å². The fourth-order valence-electron chi connectivity index (χ4n) is 2.33. The summed E-state index contributed by atoms with van der Waals surface area (Å²) >= 11 is 5.92. The number of halogens is 1. The Morgan fingerprint density at radius 2 is 2.25 bits per heavy atom. The Morgan fingerprint density at radius 1 is 1.60 bits per heavy atom. The molecule has 1 atom stereocenters. The lowest BCUT2D eigenvalue weighted by molar-refractivity contribution is -0.131. The predicted molar refractivity (Wildman–Crippen MR) is 73.0 cm³/mol. The molecular weight excluding hydrogens is 306 g/mol. The number of sulfonamides is 1. The first-order valence-electron chi connectivity index (χ1n) is 6.14. The normalized spacial score (nSPS) is 23.9. The first-order valence-corrected chi connectivity index (χ1v) is 7.95. The molecule has 0 spiro atoms. The summed E-state index contributed by atoms with van der Waals surface area (Å²) in [4.78, 5) is 0. The van der Waals surface area contributed by atoms with Gasteiger partial charge in [-0.25, -0.2) is 8.42 Å². The van der Waals surface area contributed by atoms with Crippen molar-refractivity contribution >= 4 is 21.6 Å². The van der Waals surface area contributed by atoms with Crippen LogP contribution in [0.5, 0.6) is 0 Å². The molecule has 2 rings (SSSR count). The average Bonchev–Trinajstić information content (AvgIpc) is 2.67. The molecule has 0 saturated carbocycles. The Balaban J connectivity index is 2.39. The van der Waals surface area contributed by atoms with Gasteiger partial charge in [0, 0.05) is 20.1 Å². The van der Waals surface area contributed by atoms with Gasteiger partial charge in [-0.1, -0.05) is 11.6 Å². The van der Waals surface area contributed by atoms with Crippen LogP contribution in [0, 0.1) is 0 Å². The second-order valence-corrected chi connectivity index (χ2v) is 7.66. The van der Waals surface area contributed by atoms with E-state index in [4.69, 9.17) is 16.3 Å². The summed E-state index contributed by atoms with van der Waals surface area (Å²) in [7, 11) is -2.26. The lowest BCUT2D eigenvalue weighted by atomic mass is 10.1. The molecule has 114 valence electrons. The van der Waals surface area contributed by atoms with E-state index in [1.54, 1.807) is 13.8 Å². The van der Waals surface area contributed by atoms with E-state index in [1.807, 2.05) is 0 Å². The van der Waals surface area contributed by atoms with Crippen LogP contribution in [0.4, 0.5) is 0 Å². The third-order valence-electron chi connectivity index (χ3n) is 3.08. The smallest absolute Gasteiger partial charge is 0.261 e. The molecule has 0 radical (unpaired) electrons. The largest absolute Gasteiger partial charge is 0.394 e. The van der Waals surface area contributed by atoms with Crippen LogP contribution in [0.3, 0.4) is 0 Å². The van der Waals surface area contributed by atoms with Crippen molar-refractivity contribution in [2.75, 3.05) is 19.7 Å². The number of aliphatic hydroxyl groups is 1. The van der Waals surface area contributed by atoms with Crippen LogP contribution in [0.15, 0.2) is 11.2 Å². The molecule has 9 heteroatoms. The third-order valence-corrected chi connectivity index (χ3v) is 5.40. The van der Waals surface area contributed by atoms with Crippen molar-refractivity contribution in [1.29, 1.82) is 0 Å². The third kappa shape index (κ3) is 2.84. The van der Waals surface area contributed by atoms with E-state index in [9.17, 15) is 13.5 Å². The van der Waals surface area contributed by atoms with Gasteiger partial charge < -0.3 is 9.84 Å². The van der Waals surface area contributed by atoms with E-state index in [2.05, 4.69) is 5.10 Å². The van der Waals surface area contributed by atoms with Crippen molar-refractivity contribution in [3.8, 4) is 0 Å². The minimum absolute atomic E-state index is 0.0476. The van der Waals surface area contributed by atoms with Crippen LogP contribution in [0.2, 0.25) is 5.02 Å². The fourth-order valence-corrected chi connectivity index (χ4v) is 4.56. The van der Waals surface area contributed by atoms with E-state index >= 15 is 0 Å². The van der Waals surface area contributed by atoms with E-state index in [1.165, 1.54) is 22.2 Å². The predicted octanol–water partition coefficient (Wildman–Crippen LogP) is 0.234. The summed E-state index contributed by atoms with van der Waals surface area (Å²) in [6.45, 7) is 3.59.